The van der Waals surface area contributed by atoms with Crippen LogP contribution in [0.4, 0.5) is 0 Å². The maximum atomic E-state index is 12.3. The van der Waals surface area contributed by atoms with Gasteiger partial charge in [0.25, 0.3) is 0 Å². The molecule has 1 saturated carbocycles. The van der Waals surface area contributed by atoms with E-state index in [2.05, 4.69) is 10.6 Å². The number of amides is 1. The summed E-state index contributed by atoms with van der Waals surface area (Å²) in [4.78, 5) is 12.3. The van der Waals surface area contributed by atoms with Crippen molar-refractivity contribution in [1.82, 2.24) is 10.6 Å². The van der Waals surface area contributed by atoms with Crippen molar-refractivity contribution >= 4 is 18.3 Å². The summed E-state index contributed by atoms with van der Waals surface area (Å²) in [5.74, 6) is 2.42. The molecule has 0 spiro atoms. The fourth-order valence-corrected chi connectivity index (χ4v) is 3.81. The van der Waals surface area contributed by atoms with Crippen molar-refractivity contribution in [2.24, 2.45) is 5.92 Å². The lowest BCUT2D eigenvalue weighted by Crippen LogP contribution is -2.43. The molecular formula is C19H29ClN2O3. The molecule has 3 atom stereocenters. The minimum absolute atomic E-state index is 0. The molecule has 1 aromatic carbocycles. The number of benzene rings is 1. The average Bonchev–Trinajstić information content (AvgIpc) is 3.06. The Bertz CT molecular complexity index is 541. The summed E-state index contributed by atoms with van der Waals surface area (Å²) in [7, 11) is 1.64. The van der Waals surface area contributed by atoms with Crippen molar-refractivity contribution in [2.45, 2.75) is 50.6 Å². The van der Waals surface area contributed by atoms with E-state index in [1.807, 2.05) is 24.3 Å². The Labute approximate surface area is 156 Å². The van der Waals surface area contributed by atoms with Crippen LogP contribution in [0.3, 0.4) is 0 Å². The van der Waals surface area contributed by atoms with Gasteiger partial charge in [-0.3, -0.25) is 4.79 Å². The van der Waals surface area contributed by atoms with Crippen LogP contribution in [0.25, 0.3) is 0 Å². The minimum Gasteiger partial charge on any atom is -0.497 e. The van der Waals surface area contributed by atoms with Crippen LogP contribution in [0.2, 0.25) is 0 Å². The normalized spacial score (nSPS) is 24.8. The number of hydrogen-bond donors (Lipinski definition) is 2. The Morgan fingerprint density at radius 2 is 2.08 bits per heavy atom. The van der Waals surface area contributed by atoms with Crippen LogP contribution in [-0.4, -0.2) is 38.3 Å². The molecule has 25 heavy (non-hydrogen) atoms. The molecule has 1 saturated heterocycles. The van der Waals surface area contributed by atoms with Crippen LogP contribution >= 0.6 is 12.4 Å². The number of fused-ring (bicyclic) bond motifs is 1. The second-order valence-corrected chi connectivity index (χ2v) is 6.78. The fourth-order valence-electron chi connectivity index (χ4n) is 3.81. The summed E-state index contributed by atoms with van der Waals surface area (Å²) >= 11 is 0. The van der Waals surface area contributed by atoms with Crippen LogP contribution < -0.4 is 20.1 Å². The number of rotatable bonds is 7. The van der Waals surface area contributed by atoms with E-state index in [0.29, 0.717) is 25.1 Å². The van der Waals surface area contributed by atoms with E-state index in [-0.39, 0.29) is 24.4 Å². The van der Waals surface area contributed by atoms with Gasteiger partial charge in [-0.2, -0.15) is 0 Å². The molecule has 5 nitrogen and oxygen atoms in total. The summed E-state index contributed by atoms with van der Waals surface area (Å²) in [6.07, 6.45) is 6.90. The summed E-state index contributed by atoms with van der Waals surface area (Å²) in [5.41, 5.74) is 0. The maximum Gasteiger partial charge on any atom is 0.237 e. The highest BCUT2D eigenvalue weighted by Crippen LogP contribution is 2.33. The van der Waals surface area contributed by atoms with Gasteiger partial charge in [0.15, 0.2) is 0 Å². The number of hydrogen-bond acceptors (Lipinski definition) is 4. The Kier molecular flexibility index (Phi) is 7.85. The summed E-state index contributed by atoms with van der Waals surface area (Å²) in [6, 6.07) is 8.12. The molecule has 2 aliphatic rings. The molecule has 1 aliphatic carbocycles. The first-order chi connectivity index (χ1) is 11.8. The summed E-state index contributed by atoms with van der Waals surface area (Å²) < 4.78 is 10.9. The molecule has 2 N–H and O–H groups in total. The van der Waals surface area contributed by atoms with Crippen molar-refractivity contribution in [1.29, 1.82) is 0 Å². The van der Waals surface area contributed by atoms with Crippen LogP contribution in [0.1, 0.15) is 38.5 Å². The molecule has 2 fully saturated rings. The van der Waals surface area contributed by atoms with Crippen LogP contribution in [-0.2, 0) is 4.79 Å². The van der Waals surface area contributed by atoms with E-state index in [4.69, 9.17) is 9.47 Å². The van der Waals surface area contributed by atoms with Crippen LogP contribution in [0.5, 0.6) is 11.5 Å². The predicted molar refractivity (Wildman–Crippen MR) is 101 cm³/mol. The first-order valence-corrected chi connectivity index (χ1v) is 9.07. The molecule has 1 aromatic rings. The van der Waals surface area contributed by atoms with E-state index >= 15 is 0 Å². The minimum atomic E-state index is -0.00240. The maximum absolute atomic E-state index is 12.3. The SMILES string of the molecule is COc1cccc(OCCCNC(=O)C2CC3CCCCC3N2)c1.Cl. The highest BCUT2D eigenvalue weighted by atomic mass is 35.5. The van der Waals surface area contributed by atoms with E-state index < -0.39 is 0 Å². The van der Waals surface area contributed by atoms with Gasteiger partial charge in [-0.05, 0) is 43.7 Å². The zero-order valence-corrected chi connectivity index (χ0v) is 15.6. The third-order valence-corrected chi connectivity index (χ3v) is 5.11. The molecular weight excluding hydrogens is 340 g/mol. The van der Waals surface area contributed by atoms with Gasteiger partial charge in [-0.25, -0.2) is 0 Å². The lowest BCUT2D eigenvalue weighted by atomic mass is 9.85. The first kappa shape index (κ1) is 19.9. The number of nitrogens with one attached hydrogen (secondary N) is 2. The Hall–Kier alpha value is -1.46. The van der Waals surface area contributed by atoms with Crippen molar-refractivity contribution in [2.75, 3.05) is 20.3 Å². The molecule has 3 unspecified atom stereocenters. The molecule has 6 heteroatoms. The largest absolute Gasteiger partial charge is 0.497 e. The Balaban J connectivity index is 0.00000225. The average molecular weight is 369 g/mol. The van der Waals surface area contributed by atoms with Gasteiger partial charge >= 0.3 is 0 Å². The molecule has 0 aromatic heterocycles. The van der Waals surface area contributed by atoms with E-state index in [1.165, 1.54) is 25.7 Å². The number of carbonyl (C=O) groups excluding carboxylic acids is 1. The quantitative estimate of drug-likeness (QED) is 0.726. The smallest absolute Gasteiger partial charge is 0.237 e. The molecule has 3 rings (SSSR count). The van der Waals surface area contributed by atoms with Crippen molar-refractivity contribution < 1.29 is 14.3 Å². The summed E-state index contributed by atoms with van der Waals surface area (Å²) in [5, 5.41) is 6.55. The Morgan fingerprint density at radius 3 is 2.88 bits per heavy atom. The predicted octanol–water partition coefficient (Wildman–Crippen LogP) is 2.92. The van der Waals surface area contributed by atoms with Crippen molar-refractivity contribution in [3.8, 4) is 11.5 Å². The highest BCUT2D eigenvalue weighted by Gasteiger charge is 2.37. The van der Waals surface area contributed by atoms with Gasteiger partial charge in [-0.15, -0.1) is 12.4 Å². The zero-order chi connectivity index (χ0) is 16.8. The van der Waals surface area contributed by atoms with Gasteiger partial charge in [0.05, 0.1) is 19.8 Å². The monoisotopic (exact) mass is 368 g/mol. The third-order valence-electron chi connectivity index (χ3n) is 5.11. The second kappa shape index (κ2) is 9.88. The molecule has 1 aliphatic heterocycles. The van der Waals surface area contributed by atoms with Gasteiger partial charge in [0.1, 0.15) is 11.5 Å². The Morgan fingerprint density at radius 1 is 1.28 bits per heavy atom. The van der Waals surface area contributed by atoms with E-state index in [0.717, 1.165) is 24.3 Å². The van der Waals surface area contributed by atoms with Crippen LogP contribution in [0, 0.1) is 5.92 Å². The third kappa shape index (κ3) is 5.51. The second-order valence-electron chi connectivity index (χ2n) is 6.78. The highest BCUT2D eigenvalue weighted by molar-refractivity contribution is 5.85. The fraction of sp³-hybridized carbons (Fsp3) is 0.632. The van der Waals surface area contributed by atoms with Crippen LogP contribution in [0.15, 0.2) is 24.3 Å². The molecule has 0 bridgehead atoms. The molecule has 1 heterocycles. The lowest BCUT2D eigenvalue weighted by Gasteiger charge is -2.24. The van der Waals surface area contributed by atoms with E-state index in [1.54, 1.807) is 7.11 Å². The molecule has 140 valence electrons. The molecule has 1 amide bonds. The van der Waals surface area contributed by atoms with Gasteiger partial charge in [0.2, 0.25) is 5.91 Å². The topological polar surface area (TPSA) is 59.6 Å². The van der Waals surface area contributed by atoms with Gasteiger partial charge in [0, 0.05) is 18.7 Å². The van der Waals surface area contributed by atoms with Gasteiger partial charge in [-0.1, -0.05) is 18.9 Å². The van der Waals surface area contributed by atoms with Crippen molar-refractivity contribution in [3.63, 3.8) is 0 Å². The van der Waals surface area contributed by atoms with E-state index in [9.17, 15) is 4.79 Å². The van der Waals surface area contributed by atoms with Gasteiger partial charge < -0.3 is 20.1 Å². The standard InChI is InChI=1S/C19H28N2O3.ClH/c1-23-15-7-4-8-16(13-15)24-11-5-10-20-19(22)18-12-14-6-2-3-9-17(14)21-18;/h4,7-8,13-14,17-18,21H,2-3,5-6,9-12H2,1H3,(H,20,22);1H. The molecule has 0 radical (unpaired) electrons. The number of ether oxygens (including phenoxy) is 2. The van der Waals surface area contributed by atoms with Crippen molar-refractivity contribution in [3.05, 3.63) is 24.3 Å². The number of halogens is 1. The zero-order valence-electron chi connectivity index (χ0n) is 14.8. The number of carbonyl (C=O) groups is 1. The number of methoxy groups -OCH3 is 1. The summed E-state index contributed by atoms with van der Waals surface area (Å²) in [6.45, 7) is 1.23. The lowest BCUT2D eigenvalue weighted by molar-refractivity contribution is -0.122. The first-order valence-electron chi connectivity index (χ1n) is 9.07.